The van der Waals surface area contributed by atoms with Crippen molar-refractivity contribution in [2.24, 2.45) is 0 Å². The lowest BCUT2D eigenvalue weighted by atomic mass is 10.1. The first-order valence-electron chi connectivity index (χ1n) is 9.51. The van der Waals surface area contributed by atoms with Crippen LogP contribution in [0, 0.1) is 0 Å². The molecular formula is C21H19F5N4. The zero-order valence-electron chi connectivity index (χ0n) is 15.9. The third-order valence-electron chi connectivity index (χ3n) is 5.11. The number of rotatable bonds is 4. The van der Waals surface area contributed by atoms with Gasteiger partial charge in [-0.1, -0.05) is 24.3 Å². The number of benzene rings is 2. The summed E-state index contributed by atoms with van der Waals surface area (Å²) >= 11 is 0. The highest BCUT2D eigenvalue weighted by atomic mass is 19.4. The number of fused-ring (bicyclic) bond motifs is 1. The second kappa shape index (κ2) is 7.70. The number of aromatic nitrogens is 2. The number of anilines is 2. The average Bonchev–Trinajstić information content (AvgIpc) is 2.71. The quantitative estimate of drug-likeness (QED) is 0.564. The van der Waals surface area contributed by atoms with Crippen LogP contribution in [0.3, 0.4) is 0 Å². The second-order valence-corrected chi connectivity index (χ2v) is 7.28. The summed E-state index contributed by atoms with van der Waals surface area (Å²) in [5.41, 5.74) is 0.589. The van der Waals surface area contributed by atoms with Gasteiger partial charge in [-0.2, -0.15) is 18.2 Å². The van der Waals surface area contributed by atoms with Crippen LogP contribution >= 0.6 is 0 Å². The molecule has 1 fully saturated rings. The lowest BCUT2D eigenvalue weighted by Gasteiger charge is -2.33. The van der Waals surface area contributed by atoms with E-state index in [-0.39, 0.29) is 32.5 Å². The molecule has 0 unspecified atom stereocenters. The van der Waals surface area contributed by atoms with E-state index in [9.17, 15) is 22.0 Å². The predicted octanol–water partition coefficient (Wildman–Crippen LogP) is 5.50. The first-order chi connectivity index (χ1) is 14.2. The molecule has 0 aliphatic carbocycles. The number of nitrogens with one attached hydrogen (secondary N) is 1. The third-order valence-corrected chi connectivity index (χ3v) is 5.11. The van der Waals surface area contributed by atoms with E-state index in [0.29, 0.717) is 22.8 Å². The monoisotopic (exact) mass is 422 g/mol. The van der Waals surface area contributed by atoms with Gasteiger partial charge in [-0.05, 0) is 29.8 Å². The molecular weight excluding hydrogens is 403 g/mol. The summed E-state index contributed by atoms with van der Waals surface area (Å²) < 4.78 is 65.2. The molecule has 0 bridgehead atoms. The molecule has 0 atom stereocenters. The molecule has 1 N–H and O–H groups in total. The van der Waals surface area contributed by atoms with Gasteiger partial charge in [-0.25, -0.2) is 13.8 Å². The fourth-order valence-electron chi connectivity index (χ4n) is 3.42. The normalized spacial score (nSPS) is 16.6. The van der Waals surface area contributed by atoms with Crippen LogP contribution in [0.25, 0.3) is 10.9 Å². The number of piperidine rings is 1. The molecule has 9 heteroatoms. The fraction of sp³-hybridized carbons (Fsp3) is 0.333. The Morgan fingerprint density at radius 3 is 2.27 bits per heavy atom. The minimum absolute atomic E-state index is 0.187. The topological polar surface area (TPSA) is 41.1 Å². The molecule has 1 aliphatic rings. The smallest absolute Gasteiger partial charge is 0.355 e. The second-order valence-electron chi connectivity index (χ2n) is 7.28. The number of hydrogen-bond acceptors (Lipinski definition) is 4. The van der Waals surface area contributed by atoms with Gasteiger partial charge in [0.2, 0.25) is 5.95 Å². The Morgan fingerprint density at radius 2 is 1.60 bits per heavy atom. The summed E-state index contributed by atoms with van der Waals surface area (Å²) in [5.74, 6) is -1.80. The van der Waals surface area contributed by atoms with E-state index in [1.807, 2.05) is 29.2 Å². The molecule has 3 aromatic rings. The molecule has 0 amide bonds. The van der Waals surface area contributed by atoms with Crippen molar-refractivity contribution in [1.82, 2.24) is 9.97 Å². The summed E-state index contributed by atoms with van der Waals surface area (Å²) in [7, 11) is 0. The van der Waals surface area contributed by atoms with Crippen molar-refractivity contribution < 1.29 is 22.0 Å². The molecule has 30 heavy (non-hydrogen) atoms. The van der Waals surface area contributed by atoms with Crippen LogP contribution in [-0.4, -0.2) is 29.0 Å². The summed E-state index contributed by atoms with van der Waals surface area (Å²) in [5, 5.41) is 3.80. The molecule has 158 valence electrons. The Morgan fingerprint density at radius 1 is 0.933 bits per heavy atom. The highest BCUT2D eigenvalue weighted by molar-refractivity contribution is 5.90. The Labute approximate surface area is 169 Å². The molecule has 2 heterocycles. The van der Waals surface area contributed by atoms with Gasteiger partial charge < -0.3 is 10.2 Å². The average molecular weight is 422 g/mol. The molecule has 1 saturated heterocycles. The van der Waals surface area contributed by atoms with Gasteiger partial charge in [0.15, 0.2) is 0 Å². The Hall–Kier alpha value is -2.97. The molecule has 1 aromatic heterocycles. The summed E-state index contributed by atoms with van der Waals surface area (Å²) in [6, 6.07) is 12.1. The predicted molar refractivity (Wildman–Crippen MR) is 105 cm³/mol. The minimum atomic E-state index is -4.38. The molecule has 2 aromatic carbocycles. The number of alkyl halides is 5. The highest BCUT2D eigenvalue weighted by Gasteiger charge is 2.35. The van der Waals surface area contributed by atoms with Crippen molar-refractivity contribution in [2.75, 3.05) is 23.3 Å². The van der Waals surface area contributed by atoms with E-state index < -0.39 is 17.7 Å². The van der Waals surface area contributed by atoms with E-state index in [1.54, 1.807) is 0 Å². The number of para-hydroxylation sites is 1. The van der Waals surface area contributed by atoms with Gasteiger partial charge in [0, 0.05) is 37.9 Å². The van der Waals surface area contributed by atoms with Crippen molar-refractivity contribution in [3.8, 4) is 0 Å². The molecule has 1 aliphatic heterocycles. The molecule has 4 rings (SSSR count). The Balaban J connectivity index is 1.56. The first kappa shape index (κ1) is 20.3. The molecule has 0 radical (unpaired) electrons. The third kappa shape index (κ3) is 4.44. The van der Waals surface area contributed by atoms with Crippen molar-refractivity contribution in [3.05, 3.63) is 59.7 Å². The lowest BCUT2D eigenvalue weighted by Crippen LogP contribution is -2.40. The van der Waals surface area contributed by atoms with Crippen LogP contribution in [0.5, 0.6) is 0 Å². The van der Waals surface area contributed by atoms with Crippen molar-refractivity contribution in [1.29, 1.82) is 0 Å². The van der Waals surface area contributed by atoms with Crippen LogP contribution in [0.2, 0.25) is 0 Å². The molecule has 0 spiro atoms. The van der Waals surface area contributed by atoms with Crippen LogP contribution in [0.1, 0.15) is 24.0 Å². The van der Waals surface area contributed by atoms with E-state index in [4.69, 9.17) is 0 Å². The van der Waals surface area contributed by atoms with Gasteiger partial charge in [0.05, 0.1) is 11.1 Å². The number of nitrogens with zero attached hydrogens (tertiary/aromatic N) is 3. The maximum Gasteiger partial charge on any atom is 0.416 e. The van der Waals surface area contributed by atoms with Gasteiger partial charge in [0.1, 0.15) is 5.82 Å². The molecule has 0 saturated carbocycles. The lowest BCUT2D eigenvalue weighted by molar-refractivity contribution is -0.137. The van der Waals surface area contributed by atoms with E-state index in [1.165, 1.54) is 12.1 Å². The maximum absolute atomic E-state index is 13.6. The van der Waals surface area contributed by atoms with Crippen molar-refractivity contribution >= 4 is 22.7 Å². The highest BCUT2D eigenvalue weighted by Crippen LogP contribution is 2.33. The number of halogens is 5. The Kier molecular flexibility index (Phi) is 5.21. The summed E-state index contributed by atoms with van der Waals surface area (Å²) in [6.45, 7) is 0.604. The largest absolute Gasteiger partial charge is 0.416 e. The van der Waals surface area contributed by atoms with E-state index in [2.05, 4.69) is 15.3 Å². The summed E-state index contributed by atoms with van der Waals surface area (Å²) in [4.78, 5) is 10.8. The minimum Gasteiger partial charge on any atom is -0.355 e. The fourth-order valence-corrected chi connectivity index (χ4v) is 3.42. The van der Waals surface area contributed by atoms with E-state index >= 15 is 0 Å². The SMILES string of the molecule is FC1(F)CCN(c2nc(NCc3ccc(C(F)(F)F)cc3)nc3ccccc23)CC1. The van der Waals surface area contributed by atoms with Gasteiger partial charge in [-0.15, -0.1) is 0 Å². The van der Waals surface area contributed by atoms with Crippen LogP contribution in [0.4, 0.5) is 33.7 Å². The van der Waals surface area contributed by atoms with Crippen LogP contribution in [-0.2, 0) is 12.7 Å². The van der Waals surface area contributed by atoms with Gasteiger partial charge >= 0.3 is 6.18 Å². The standard InChI is InChI=1S/C21H19F5N4/c22-20(23)9-11-30(12-10-20)18-16-3-1-2-4-17(16)28-19(29-18)27-13-14-5-7-15(8-6-14)21(24,25)26/h1-8H,9-13H2,(H,27,28,29). The van der Waals surface area contributed by atoms with Crippen LogP contribution in [0.15, 0.2) is 48.5 Å². The van der Waals surface area contributed by atoms with Gasteiger partial charge in [-0.3, -0.25) is 0 Å². The Bertz CT molecular complexity index is 1020. The van der Waals surface area contributed by atoms with Crippen molar-refractivity contribution in [2.45, 2.75) is 31.5 Å². The van der Waals surface area contributed by atoms with Crippen LogP contribution < -0.4 is 10.2 Å². The zero-order valence-corrected chi connectivity index (χ0v) is 15.9. The molecule has 4 nitrogen and oxygen atoms in total. The summed E-state index contributed by atoms with van der Waals surface area (Å²) in [6.07, 6.45) is -4.85. The van der Waals surface area contributed by atoms with Gasteiger partial charge in [0.25, 0.3) is 5.92 Å². The first-order valence-corrected chi connectivity index (χ1v) is 9.51. The number of hydrogen-bond donors (Lipinski definition) is 1. The van der Waals surface area contributed by atoms with Crippen molar-refractivity contribution in [3.63, 3.8) is 0 Å². The maximum atomic E-state index is 13.6. The zero-order chi connectivity index (χ0) is 21.4. The van der Waals surface area contributed by atoms with E-state index in [0.717, 1.165) is 17.5 Å².